The highest BCUT2D eigenvalue weighted by Crippen LogP contribution is 2.21. The third-order valence-corrected chi connectivity index (χ3v) is 3.35. The van der Waals surface area contributed by atoms with E-state index >= 15 is 0 Å². The summed E-state index contributed by atoms with van der Waals surface area (Å²) in [6.45, 7) is 9.12. The summed E-state index contributed by atoms with van der Waals surface area (Å²) >= 11 is 0. The molecule has 0 aliphatic rings. The van der Waals surface area contributed by atoms with Crippen molar-refractivity contribution in [3.63, 3.8) is 0 Å². The molecule has 0 aliphatic heterocycles. The molecule has 3 heteroatoms. The SMILES string of the molecule is COC(=O)NCCc1c(C)c(C)cc(C)c1C. The predicted molar refractivity (Wildman–Crippen MR) is 69.5 cm³/mol. The average Bonchev–Trinajstić information content (AvgIpc) is 2.30. The van der Waals surface area contributed by atoms with Crippen LogP contribution in [0.25, 0.3) is 0 Å². The van der Waals surface area contributed by atoms with Crippen LogP contribution >= 0.6 is 0 Å². The van der Waals surface area contributed by atoms with E-state index in [4.69, 9.17) is 0 Å². The van der Waals surface area contributed by atoms with Crippen molar-refractivity contribution >= 4 is 6.09 Å². The summed E-state index contributed by atoms with van der Waals surface area (Å²) in [5.74, 6) is 0. The van der Waals surface area contributed by atoms with Crippen molar-refractivity contribution < 1.29 is 9.53 Å². The van der Waals surface area contributed by atoms with E-state index in [0.717, 1.165) is 6.42 Å². The minimum Gasteiger partial charge on any atom is -0.453 e. The Hall–Kier alpha value is -1.51. The summed E-state index contributed by atoms with van der Waals surface area (Å²) in [6, 6.07) is 2.21. The van der Waals surface area contributed by atoms with Gasteiger partial charge in [-0.3, -0.25) is 0 Å². The fourth-order valence-electron chi connectivity index (χ4n) is 2.04. The van der Waals surface area contributed by atoms with Gasteiger partial charge in [0.15, 0.2) is 0 Å². The zero-order valence-electron chi connectivity index (χ0n) is 11.3. The van der Waals surface area contributed by atoms with Gasteiger partial charge in [0.2, 0.25) is 0 Å². The second-order valence-corrected chi connectivity index (χ2v) is 4.41. The molecule has 0 unspecified atom stereocenters. The summed E-state index contributed by atoms with van der Waals surface area (Å²) in [5, 5.41) is 2.71. The van der Waals surface area contributed by atoms with Crippen LogP contribution in [-0.2, 0) is 11.2 Å². The highest BCUT2D eigenvalue weighted by atomic mass is 16.5. The third-order valence-electron chi connectivity index (χ3n) is 3.35. The molecule has 17 heavy (non-hydrogen) atoms. The first-order valence-corrected chi connectivity index (χ1v) is 5.85. The molecule has 1 amide bonds. The number of rotatable bonds is 3. The number of nitrogens with one attached hydrogen (secondary N) is 1. The molecule has 1 aromatic rings. The van der Waals surface area contributed by atoms with Gasteiger partial charge in [0.1, 0.15) is 0 Å². The van der Waals surface area contributed by atoms with Gasteiger partial charge in [0.25, 0.3) is 0 Å². The number of carbonyl (C=O) groups is 1. The molecule has 0 saturated heterocycles. The number of hydrogen-bond acceptors (Lipinski definition) is 2. The Labute approximate surface area is 103 Å². The molecule has 3 nitrogen and oxygen atoms in total. The largest absolute Gasteiger partial charge is 0.453 e. The molecule has 0 aromatic heterocycles. The van der Waals surface area contributed by atoms with E-state index in [9.17, 15) is 4.79 Å². The normalized spacial score (nSPS) is 10.2. The molecule has 1 rings (SSSR count). The zero-order chi connectivity index (χ0) is 13.0. The van der Waals surface area contributed by atoms with E-state index in [2.05, 4.69) is 43.8 Å². The monoisotopic (exact) mass is 235 g/mol. The highest BCUT2D eigenvalue weighted by molar-refractivity contribution is 5.66. The van der Waals surface area contributed by atoms with Crippen molar-refractivity contribution in [1.82, 2.24) is 5.32 Å². The van der Waals surface area contributed by atoms with Crippen molar-refractivity contribution in [3.8, 4) is 0 Å². The molecule has 1 N–H and O–H groups in total. The molecule has 0 radical (unpaired) electrons. The van der Waals surface area contributed by atoms with Crippen LogP contribution < -0.4 is 5.32 Å². The van der Waals surface area contributed by atoms with Crippen LogP contribution in [0.5, 0.6) is 0 Å². The predicted octanol–water partition coefficient (Wildman–Crippen LogP) is 2.82. The summed E-state index contributed by atoms with van der Waals surface area (Å²) in [4.78, 5) is 11.0. The first-order valence-electron chi connectivity index (χ1n) is 5.85. The minimum absolute atomic E-state index is 0.371. The smallest absolute Gasteiger partial charge is 0.406 e. The second-order valence-electron chi connectivity index (χ2n) is 4.41. The molecule has 1 aromatic carbocycles. The first-order chi connectivity index (χ1) is 7.97. The Bertz CT molecular complexity index is 398. The quantitative estimate of drug-likeness (QED) is 0.875. The topological polar surface area (TPSA) is 38.3 Å². The van der Waals surface area contributed by atoms with Crippen LogP contribution in [-0.4, -0.2) is 19.7 Å². The van der Waals surface area contributed by atoms with Crippen molar-refractivity contribution in [3.05, 3.63) is 33.9 Å². The Morgan fingerprint density at radius 1 is 1.18 bits per heavy atom. The molecule has 0 spiro atoms. The molecule has 0 heterocycles. The molecule has 0 aliphatic carbocycles. The van der Waals surface area contributed by atoms with Crippen LogP contribution in [0.1, 0.15) is 27.8 Å². The van der Waals surface area contributed by atoms with E-state index < -0.39 is 0 Å². The molecular weight excluding hydrogens is 214 g/mol. The van der Waals surface area contributed by atoms with Crippen LogP contribution in [0.15, 0.2) is 6.07 Å². The van der Waals surface area contributed by atoms with Gasteiger partial charge in [-0.25, -0.2) is 4.79 Å². The zero-order valence-corrected chi connectivity index (χ0v) is 11.3. The van der Waals surface area contributed by atoms with Crippen LogP contribution in [0.4, 0.5) is 4.79 Å². The maximum Gasteiger partial charge on any atom is 0.406 e. The van der Waals surface area contributed by atoms with Crippen molar-refractivity contribution in [2.45, 2.75) is 34.1 Å². The number of alkyl carbamates (subject to hydrolysis) is 1. The van der Waals surface area contributed by atoms with E-state index in [-0.39, 0.29) is 6.09 Å². The van der Waals surface area contributed by atoms with Crippen LogP contribution in [0, 0.1) is 27.7 Å². The first kappa shape index (κ1) is 13.6. The summed E-state index contributed by atoms with van der Waals surface area (Å²) < 4.78 is 4.55. The lowest BCUT2D eigenvalue weighted by molar-refractivity contribution is 0.171. The van der Waals surface area contributed by atoms with Gasteiger partial charge >= 0.3 is 6.09 Å². The third kappa shape index (κ3) is 3.22. The second kappa shape index (κ2) is 5.71. The number of benzene rings is 1. The molecule has 0 saturated carbocycles. The molecule has 94 valence electrons. The van der Waals surface area contributed by atoms with Gasteiger partial charge in [-0.15, -0.1) is 0 Å². The Morgan fingerprint density at radius 2 is 1.71 bits per heavy atom. The van der Waals surface area contributed by atoms with E-state index in [1.807, 2.05) is 0 Å². The van der Waals surface area contributed by atoms with Crippen LogP contribution in [0.2, 0.25) is 0 Å². The van der Waals surface area contributed by atoms with Gasteiger partial charge in [0.05, 0.1) is 7.11 Å². The maximum absolute atomic E-state index is 11.0. The van der Waals surface area contributed by atoms with Crippen molar-refractivity contribution in [1.29, 1.82) is 0 Å². The lowest BCUT2D eigenvalue weighted by Gasteiger charge is -2.15. The van der Waals surface area contributed by atoms with E-state index in [1.165, 1.54) is 34.9 Å². The minimum atomic E-state index is -0.371. The van der Waals surface area contributed by atoms with Gasteiger partial charge in [-0.2, -0.15) is 0 Å². The highest BCUT2D eigenvalue weighted by Gasteiger charge is 2.08. The standard InChI is InChI=1S/C14H21NO2/c1-9-8-10(2)12(4)13(11(9)3)6-7-15-14(16)17-5/h8H,6-7H2,1-5H3,(H,15,16). The maximum atomic E-state index is 11.0. The van der Waals surface area contributed by atoms with Gasteiger partial charge in [-0.05, 0) is 61.9 Å². The number of hydrogen-bond donors (Lipinski definition) is 1. The fraction of sp³-hybridized carbons (Fsp3) is 0.500. The number of ether oxygens (including phenoxy) is 1. The molecule has 0 bridgehead atoms. The van der Waals surface area contributed by atoms with Crippen LogP contribution in [0.3, 0.4) is 0 Å². The molecule has 0 fully saturated rings. The average molecular weight is 235 g/mol. The van der Waals surface area contributed by atoms with Crippen molar-refractivity contribution in [2.75, 3.05) is 13.7 Å². The Morgan fingerprint density at radius 3 is 2.18 bits per heavy atom. The number of methoxy groups -OCH3 is 1. The lowest BCUT2D eigenvalue weighted by atomic mass is 9.92. The van der Waals surface area contributed by atoms with Gasteiger partial charge in [0, 0.05) is 6.54 Å². The Kier molecular flexibility index (Phi) is 4.55. The Balaban J connectivity index is 2.80. The fourth-order valence-corrected chi connectivity index (χ4v) is 2.04. The molecule has 0 atom stereocenters. The van der Waals surface area contributed by atoms with E-state index in [1.54, 1.807) is 0 Å². The van der Waals surface area contributed by atoms with Crippen molar-refractivity contribution in [2.24, 2.45) is 0 Å². The van der Waals surface area contributed by atoms with Gasteiger partial charge < -0.3 is 10.1 Å². The summed E-state index contributed by atoms with van der Waals surface area (Å²) in [5.41, 5.74) is 6.58. The number of carbonyl (C=O) groups excluding carboxylic acids is 1. The number of amides is 1. The molecular formula is C14H21NO2. The van der Waals surface area contributed by atoms with Gasteiger partial charge in [-0.1, -0.05) is 6.07 Å². The summed E-state index contributed by atoms with van der Waals surface area (Å²) in [7, 11) is 1.38. The van der Waals surface area contributed by atoms with E-state index in [0.29, 0.717) is 6.54 Å². The summed E-state index contributed by atoms with van der Waals surface area (Å²) in [6.07, 6.45) is 0.472. The number of aryl methyl sites for hydroxylation is 2. The lowest BCUT2D eigenvalue weighted by Crippen LogP contribution is -2.25.